The summed E-state index contributed by atoms with van der Waals surface area (Å²) in [5.74, 6) is 0.679. The van der Waals surface area contributed by atoms with Gasteiger partial charge in [0.15, 0.2) is 0 Å². The maximum absolute atomic E-state index is 5.11. The summed E-state index contributed by atoms with van der Waals surface area (Å²) in [4.78, 5) is 6.86. The minimum absolute atomic E-state index is 0.270. The summed E-state index contributed by atoms with van der Waals surface area (Å²) in [6.45, 7) is 9.97. The molecule has 1 aliphatic rings. The Balaban J connectivity index is 2.05. The second kappa shape index (κ2) is 6.55. The third kappa shape index (κ3) is 3.30. The van der Waals surface area contributed by atoms with Gasteiger partial charge in [-0.15, -0.1) is 0 Å². The molecule has 1 atom stereocenters. The lowest BCUT2D eigenvalue weighted by Gasteiger charge is -2.46. The highest BCUT2D eigenvalue weighted by molar-refractivity contribution is 5.18. The molecule has 1 saturated heterocycles. The SMILES string of the molecule is CCC1(CC)CN(Cc2ccc(OC)nc2)C(C)CN1. The van der Waals surface area contributed by atoms with E-state index in [1.54, 1.807) is 7.11 Å². The monoisotopic (exact) mass is 277 g/mol. The van der Waals surface area contributed by atoms with Gasteiger partial charge >= 0.3 is 0 Å². The number of piperazine rings is 1. The molecule has 1 fully saturated rings. The Labute approximate surface area is 122 Å². The van der Waals surface area contributed by atoms with Crippen LogP contribution in [0.4, 0.5) is 0 Å². The molecule has 4 nitrogen and oxygen atoms in total. The first-order valence-electron chi connectivity index (χ1n) is 7.60. The van der Waals surface area contributed by atoms with Crippen molar-refractivity contribution in [3.63, 3.8) is 0 Å². The third-order valence-electron chi connectivity index (χ3n) is 4.65. The van der Waals surface area contributed by atoms with E-state index in [0.717, 1.165) is 19.6 Å². The molecule has 0 amide bonds. The number of hydrogen-bond donors (Lipinski definition) is 1. The van der Waals surface area contributed by atoms with Crippen molar-refractivity contribution in [3.05, 3.63) is 23.9 Å². The highest BCUT2D eigenvalue weighted by Gasteiger charge is 2.34. The van der Waals surface area contributed by atoms with Gasteiger partial charge in [-0.25, -0.2) is 4.98 Å². The van der Waals surface area contributed by atoms with E-state index in [-0.39, 0.29) is 5.54 Å². The fourth-order valence-corrected chi connectivity index (χ4v) is 2.89. The summed E-state index contributed by atoms with van der Waals surface area (Å²) >= 11 is 0. The van der Waals surface area contributed by atoms with E-state index < -0.39 is 0 Å². The predicted octanol–water partition coefficient (Wildman–Crippen LogP) is 2.44. The smallest absolute Gasteiger partial charge is 0.212 e. The quantitative estimate of drug-likeness (QED) is 0.897. The second-order valence-corrected chi connectivity index (χ2v) is 5.83. The van der Waals surface area contributed by atoms with E-state index >= 15 is 0 Å². The molecular weight excluding hydrogens is 250 g/mol. The molecule has 2 rings (SSSR count). The van der Waals surface area contributed by atoms with Crippen LogP contribution in [-0.4, -0.2) is 41.7 Å². The maximum atomic E-state index is 5.11. The average Bonchev–Trinajstić information content (AvgIpc) is 2.50. The number of nitrogens with one attached hydrogen (secondary N) is 1. The molecule has 2 heterocycles. The van der Waals surface area contributed by atoms with Crippen LogP contribution in [0.5, 0.6) is 5.88 Å². The van der Waals surface area contributed by atoms with Gasteiger partial charge in [0.1, 0.15) is 0 Å². The van der Waals surface area contributed by atoms with E-state index in [1.807, 2.05) is 12.3 Å². The van der Waals surface area contributed by atoms with Crippen LogP contribution in [0.2, 0.25) is 0 Å². The number of nitrogens with zero attached hydrogens (tertiary/aromatic N) is 2. The molecule has 1 aliphatic heterocycles. The van der Waals surface area contributed by atoms with Crippen molar-refractivity contribution >= 4 is 0 Å². The molecule has 0 aliphatic carbocycles. The zero-order chi connectivity index (χ0) is 14.6. The normalized spacial score (nSPS) is 22.7. The fraction of sp³-hybridized carbons (Fsp3) is 0.688. The minimum Gasteiger partial charge on any atom is -0.481 e. The van der Waals surface area contributed by atoms with Gasteiger partial charge in [-0.3, -0.25) is 4.90 Å². The number of rotatable bonds is 5. The molecule has 1 unspecified atom stereocenters. The molecule has 1 aromatic heterocycles. The van der Waals surface area contributed by atoms with Gasteiger partial charge in [-0.05, 0) is 25.3 Å². The Morgan fingerprint density at radius 1 is 1.40 bits per heavy atom. The molecule has 0 saturated carbocycles. The van der Waals surface area contributed by atoms with Crippen LogP contribution in [0, 0.1) is 0 Å². The Morgan fingerprint density at radius 2 is 2.15 bits per heavy atom. The summed E-state index contributed by atoms with van der Waals surface area (Å²) in [6, 6.07) is 4.61. The first-order valence-corrected chi connectivity index (χ1v) is 7.60. The fourth-order valence-electron chi connectivity index (χ4n) is 2.89. The average molecular weight is 277 g/mol. The summed E-state index contributed by atoms with van der Waals surface area (Å²) in [5.41, 5.74) is 1.52. The number of aromatic nitrogens is 1. The Bertz CT molecular complexity index is 414. The Kier molecular flexibility index (Phi) is 5.00. The van der Waals surface area contributed by atoms with Crippen LogP contribution in [0.3, 0.4) is 0 Å². The van der Waals surface area contributed by atoms with E-state index in [4.69, 9.17) is 4.74 Å². The van der Waals surface area contributed by atoms with Gasteiger partial charge in [-0.1, -0.05) is 19.9 Å². The summed E-state index contributed by atoms with van der Waals surface area (Å²) < 4.78 is 5.11. The van der Waals surface area contributed by atoms with Gasteiger partial charge in [-0.2, -0.15) is 0 Å². The molecule has 4 heteroatoms. The van der Waals surface area contributed by atoms with Gasteiger partial charge in [0.05, 0.1) is 7.11 Å². The first-order chi connectivity index (χ1) is 9.62. The predicted molar refractivity (Wildman–Crippen MR) is 82.0 cm³/mol. The Hall–Kier alpha value is -1.13. The number of methoxy groups -OCH3 is 1. The second-order valence-electron chi connectivity index (χ2n) is 5.83. The molecule has 20 heavy (non-hydrogen) atoms. The van der Waals surface area contributed by atoms with E-state index in [0.29, 0.717) is 11.9 Å². The van der Waals surface area contributed by atoms with Crippen molar-refractivity contribution in [2.45, 2.75) is 51.7 Å². The van der Waals surface area contributed by atoms with Crippen LogP contribution >= 0.6 is 0 Å². The first kappa shape index (κ1) is 15.3. The molecule has 1 N–H and O–H groups in total. The van der Waals surface area contributed by atoms with Crippen LogP contribution in [-0.2, 0) is 6.54 Å². The van der Waals surface area contributed by atoms with Gasteiger partial charge in [0.25, 0.3) is 0 Å². The molecule has 0 spiro atoms. The summed E-state index contributed by atoms with van der Waals surface area (Å²) in [6.07, 6.45) is 4.27. The lowest BCUT2D eigenvalue weighted by molar-refractivity contribution is 0.0745. The van der Waals surface area contributed by atoms with Gasteiger partial charge in [0, 0.05) is 43.5 Å². The van der Waals surface area contributed by atoms with Crippen molar-refractivity contribution in [2.24, 2.45) is 0 Å². The van der Waals surface area contributed by atoms with Crippen LogP contribution in [0.25, 0.3) is 0 Å². The van der Waals surface area contributed by atoms with E-state index in [1.165, 1.54) is 18.4 Å². The molecule has 0 radical (unpaired) electrons. The van der Waals surface area contributed by atoms with E-state index in [9.17, 15) is 0 Å². The minimum atomic E-state index is 0.270. The zero-order valence-electron chi connectivity index (χ0n) is 13.1. The number of pyridine rings is 1. The molecule has 112 valence electrons. The van der Waals surface area contributed by atoms with Crippen LogP contribution < -0.4 is 10.1 Å². The summed E-state index contributed by atoms with van der Waals surface area (Å²) in [5, 5.41) is 3.74. The summed E-state index contributed by atoms with van der Waals surface area (Å²) in [7, 11) is 1.65. The standard InChI is InChI=1S/C16H27N3O/c1-5-16(6-2)12-19(13(3)9-18-16)11-14-7-8-15(20-4)17-10-14/h7-8,10,13,18H,5-6,9,11-12H2,1-4H3. The molecule has 0 bridgehead atoms. The topological polar surface area (TPSA) is 37.4 Å². The molecule has 1 aromatic rings. The van der Waals surface area contributed by atoms with Crippen molar-refractivity contribution in [1.29, 1.82) is 0 Å². The molecule has 0 aromatic carbocycles. The van der Waals surface area contributed by atoms with Crippen LogP contribution in [0.15, 0.2) is 18.3 Å². The Morgan fingerprint density at radius 3 is 2.70 bits per heavy atom. The van der Waals surface area contributed by atoms with Crippen LogP contribution in [0.1, 0.15) is 39.2 Å². The third-order valence-corrected chi connectivity index (χ3v) is 4.65. The zero-order valence-corrected chi connectivity index (χ0v) is 13.1. The van der Waals surface area contributed by atoms with Crippen molar-refractivity contribution < 1.29 is 4.74 Å². The van der Waals surface area contributed by atoms with Gasteiger partial charge in [0.2, 0.25) is 5.88 Å². The van der Waals surface area contributed by atoms with Crippen molar-refractivity contribution in [3.8, 4) is 5.88 Å². The van der Waals surface area contributed by atoms with Gasteiger partial charge < -0.3 is 10.1 Å². The molecular formula is C16H27N3O. The maximum Gasteiger partial charge on any atom is 0.212 e. The van der Waals surface area contributed by atoms with Crippen molar-refractivity contribution in [2.75, 3.05) is 20.2 Å². The highest BCUT2D eigenvalue weighted by Crippen LogP contribution is 2.24. The lowest BCUT2D eigenvalue weighted by Crippen LogP contribution is -2.62. The largest absolute Gasteiger partial charge is 0.481 e. The number of hydrogen-bond acceptors (Lipinski definition) is 4. The highest BCUT2D eigenvalue weighted by atomic mass is 16.5. The number of ether oxygens (including phenoxy) is 1. The van der Waals surface area contributed by atoms with Crippen molar-refractivity contribution in [1.82, 2.24) is 15.2 Å². The lowest BCUT2D eigenvalue weighted by atomic mass is 9.88. The van der Waals surface area contributed by atoms with E-state index in [2.05, 4.69) is 42.0 Å².